The molecule has 1 saturated heterocycles. The highest BCUT2D eigenvalue weighted by Gasteiger charge is 2.25. The Morgan fingerprint density at radius 1 is 1.31 bits per heavy atom. The molecule has 1 unspecified atom stereocenters. The molecule has 0 aromatic rings. The van der Waals surface area contributed by atoms with E-state index < -0.39 is 6.23 Å². The lowest BCUT2D eigenvalue weighted by Crippen LogP contribution is -2.47. The van der Waals surface area contributed by atoms with Crippen LogP contribution in [0.15, 0.2) is 0 Å². The van der Waals surface area contributed by atoms with E-state index in [2.05, 4.69) is 5.32 Å². The monoisotopic (exact) mass is 187 g/mol. The van der Waals surface area contributed by atoms with Gasteiger partial charge in [-0.25, -0.2) is 0 Å². The van der Waals surface area contributed by atoms with Crippen LogP contribution in [0, 0.1) is 5.41 Å². The second-order valence-corrected chi connectivity index (χ2v) is 4.82. The van der Waals surface area contributed by atoms with Crippen molar-refractivity contribution in [3.05, 3.63) is 0 Å². The van der Waals surface area contributed by atoms with Crippen molar-refractivity contribution in [1.82, 2.24) is 5.32 Å². The molecule has 13 heavy (non-hydrogen) atoms. The summed E-state index contributed by atoms with van der Waals surface area (Å²) >= 11 is 0. The number of aliphatic hydroxyl groups excluding tert-OH is 1. The molecule has 0 amide bonds. The van der Waals surface area contributed by atoms with Crippen molar-refractivity contribution in [3.63, 3.8) is 0 Å². The van der Waals surface area contributed by atoms with Gasteiger partial charge in [-0.3, -0.25) is 5.32 Å². The van der Waals surface area contributed by atoms with Crippen molar-refractivity contribution in [2.75, 3.05) is 13.2 Å². The number of nitrogens with one attached hydrogen (secondary N) is 1. The summed E-state index contributed by atoms with van der Waals surface area (Å²) in [5.74, 6) is 0. The van der Waals surface area contributed by atoms with Crippen molar-refractivity contribution in [3.8, 4) is 0 Å². The molecule has 1 heterocycles. The fourth-order valence-electron chi connectivity index (χ4n) is 1.34. The average Bonchev–Trinajstić information content (AvgIpc) is 2.04. The largest absolute Gasteiger partial charge is 0.381 e. The Labute approximate surface area is 80.5 Å². The van der Waals surface area contributed by atoms with Crippen molar-refractivity contribution in [2.24, 2.45) is 5.41 Å². The molecule has 1 rings (SSSR count). The molecule has 2 N–H and O–H groups in total. The van der Waals surface area contributed by atoms with Gasteiger partial charge < -0.3 is 9.84 Å². The van der Waals surface area contributed by atoms with Crippen LogP contribution in [-0.4, -0.2) is 30.6 Å². The minimum absolute atomic E-state index is 0.0850. The number of ether oxygens (including phenoxy) is 1. The van der Waals surface area contributed by atoms with E-state index in [0.717, 1.165) is 26.1 Å². The summed E-state index contributed by atoms with van der Waals surface area (Å²) in [4.78, 5) is 0. The molecule has 1 aliphatic rings. The minimum Gasteiger partial charge on any atom is -0.381 e. The zero-order valence-electron chi connectivity index (χ0n) is 8.84. The molecular formula is C10H21NO2. The Morgan fingerprint density at radius 3 is 2.31 bits per heavy atom. The standard InChI is InChI=1S/C10H21NO2/c1-10(2,3)9(12)11-8-4-6-13-7-5-8/h8-9,11-12H,4-7H2,1-3H3. The maximum atomic E-state index is 9.79. The van der Waals surface area contributed by atoms with Gasteiger partial charge in [0.25, 0.3) is 0 Å². The smallest absolute Gasteiger partial charge is 0.109 e. The Morgan fingerprint density at radius 2 is 1.85 bits per heavy atom. The molecule has 78 valence electrons. The summed E-state index contributed by atoms with van der Waals surface area (Å²) in [5, 5.41) is 13.0. The van der Waals surface area contributed by atoms with Gasteiger partial charge in [0, 0.05) is 24.7 Å². The molecule has 0 spiro atoms. The average molecular weight is 187 g/mol. The summed E-state index contributed by atoms with van der Waals surface area (Å²) in [6.07, 6.45) is 1.59. The zero-order valence-corrected chi connectivity index (χ0v) is 8.84. The summed E-state index contributed by atoms with van der Waals surface area (Å²) in [6, 6.07) is 0.419. The predicted molar refractivity (Wildman–Crippen MR) is 52.4 cm³/mol. The van der Waals surface area contributed by atoms with Crippen LogP contribution < -0.4 is 5.32 Å². The molecule has 3 heteroatoms. The van der Waals surface area contributed by atoms with Crippen LogP contribution >= 0.6 is 0 Å². The minimum atomic E-state index is -0.421. The quantitative estimate of drug-likeness (QED) is 0.637. The van der Waals surface area contributed by atoms with Gasteiger partial charge in [-0.15, -0.1) is 0 Å². The summed E-state index contributed by atoms with van der Waals surface area (Å²) < 4.78 is 5.25. The van der Waals surface area contributed by atoms with Gasteiger partial charge >= 0.3 is 0 Å². The van der Waals surface area contributed by atoms with Gasteiger partial charge in [0.05, 0.1) is 0 Å². The number of hydrogen-bond acceptors (Lipinski definition) is 3. The molecule has 0 aromatic carbocycles. The van der Waals surface area contributed by atoms with Gasteiger partial charge in [0.1, 0.15) is 6.23 Å². The lowest BCUT2D eigenvalue weighted by atomic mass is 9.93. The van der Waals surface area contributed by atoms with E-state index in [1.54, 1.807) is 0 Å². The van der Waals surface area contributed by atoms with Gasteiger partial charge in [-0.1, -0.05) is 20.8 Å². The number of aliphatic hydroxyl groups is 1. The third kappa shape index (κ3) is 3.63. The summed E-state index contributed by atoms with van der Waals surface area (Å²) in [5.41, 5.74) is -0.0850. The van der Waals surface area contributed by atoms with E-state index >= 15 is 0 Å². The van der Waals surface area contributed by atoms with E-state index in [1.165, 1.54) is 0 Å². The zero-order chi connectivity index (χ0) is 9.90. The highest BCUT2D eigenvalue weighted by molar-refractivity contribution is 4.77. The molecule has 1 fully saturated rings. The molecule has 3 nitrogen and oxygen atoms in total. The van der Waals surface area contributed by atoms with Crippen LogP contribution in [0.5, 0.6) is 0 Å². The highest BCUT2D eigenvalue weighted by atomic mass is 16.5. The molecule has 0 saturated carbocycles. The molecule has 0 bridgehead atoms. The first kappa shape index (κ1) is 11.0. The van der Waals surface area contributed by atoms with E-state index in [-0.39, 0.29) is 5.41 Å². The Balaban J connectivity index is 2.30. The van der Waals surface area contributed by atoms with Crippen LogP contribution in [0.25, 0.3) is 0 Å². The highest BCUT2D eigenvalue weighted by Crippen LogP contribution is 2.19. The fraction of sp³-hybridized carbons (Fsp3) is 1.00. The lowest BCUT2D eigenvalue weighted by Gasteiger charge is -2.32. The van der Waals surface area contributed by atoms with E-state index in [1.807, 2.05) is 20.8 Å². The normalized spacial score (nSPS) is 23.1. The molecule has 1 aliphatic heterocycles. The van der Waals surface area contributed by atoms with Crippen LogP contribution in [0.3, 0.4) is 0 Å². The molecule has 0 radical (unpaired) electrons. The molecule has 0 aromatic heterocycles. The topological polar surface area (TPSA) is 41.5 Å². The van der Waals surface area contributed by atoms with Crippen molar-refractivity contribution >= 4 is 0 Å². The van der Waals surface area contributed by atoms with Crippen molar-refractivity contribution < 1.29 is 9.84 Å². The van der Waals surface area contributed by atoms with E-state index in [0.29, 0.717) is 6.04 Å². The van der Waals surface area contributed by atoms with Crippen molar-refractivity contribution in [2.45, 2.75) is 45.9 Å². The maximum absolute atomic E-state index is 9.79. The predicted octanol–water partition coefficient (Wildman–Crippen LogP) is 1.12. The SMILES string of the molecule is CC(C)(C)C(O)NC1CCOCC1. The van der Waals surface area contributed by atoms with E-state index in [9.17, 15) is 5.11 Å². The summed E-state index contributed by atoms with van der Waals surface area (Å²) in [6.45, 7) is 7.72. The first-order valence-corrected chi connectivity index (χ1v) is 5.02. The first-order valence-electron chi connectivity index (χ1n) is 5.02. The Bertz CT molecular complexity index is 147. The molecule has 1 atom stereocenters. The second kappa shape index (κ2) is 4.40. The first-order chi connectivity index (χ1) is 6.00. The van der Waals surface area contributed by atoms with Gasteiger partial charge in [0.2, 0.25) is 0 Å². The van der Waals surface area contributed by atoms with Gasteiger partial charge in [-0.2, -0.15) is 0 Å². The van der Waals surface area contributed by atoms with E-state index in [4.69, 9.17) is 4.74 Å². The molecule has 0 aliphatic carbocycles. The third-order valence-corrected chi connectivity index (χ3v) is 2.44. The van der Waals surface area contributed by atoms with Gasteiger partial charge in [-0.05, 0) is 12.8 Å². The lowest BCUT2D eigenvalue weighted by molar-refractivity contribution is 0.000451. The second-order valence-electron chi connectivity index (χ2n) is 4.82. The van der Waals surface area contributed by atoms with Crippen LogP contribution in [0.1, 0.15) is 33.6 Å². The van der Waals surface area contributed by atoms with Crippen molar-refractivity contribution in [1.29, 1.82) is 0 Å². The van der Waals surface area contributed by atoms with Gasteiger partial charge in [0.15, 0.2) is 0 Å². The van der Waals surface area contributed by atoms with Crippen LogP contribution in [0.4, 0.5) is 0 Å². The molecular weight excluding hydrogens is 166 g/mol. The van der Waals surface area contributed by atoms with Crippen LogP contribution in [0.2, 0.25) is 0 Å². The third-order valence-electron chi connectivity index (χ3n) is 2.44. The Hall–Kier alpha value is -0.120. The number of hydrogen-bond donors (Lipinski definition) is 2. The maximum Gasteiger partial charge on any atom is 0.109 e. The van der Waals surface area contributed by atoms with Crippen LogP contribution in [-0.2, 0) is 4.74 Å². The Kier molecular flexibility index (Phi) is 3.71. The number of rotatable bonds is 2. The summed E-state index contributed by atoms with van der Waals surface area (Å²) in [7, 11) is 0. The fourth-order valence-corrected chi connectivity index (χ4v) is 1.34.